The van der Waals surface area contributed by atoms with E-state index in [1.54, 1.807) is 18.8 Å². The number of thioether (sulfide) groups is 1. The molecule has 7 heteroatoms. The molecule has 0 fully saturated rings. The minimum Gasteiger partial charge on any atom is -0.480 e. The third-order valence-corrected chi connectivity index (χ3v) is 3.43. The topological polar surface area (TPSA) is 89.9 Å². The molecular formula is C11H22N2O4S. The van der Waals surface area contributed by atoms with Gasteiger partial charge in [0.25, 0.3) is 0 Å². The van der Waals surface area contributed by atoms with Gasteiger partial charge in [-0.1, -0.05) is 6.92 Å². The van der Waals surface area contributed by atoms with Crippen molar-refractivity contribution in [3.63, 3.8) is 0 Å². The van der Waals surface area contributed by atoms with Crippen LogP contribution in [0.4, 0.5) is 4.79 Å². The molecule has 0 rings (SSSR count). The number of carbonyl (C=O) groups excluding carboxylic acids is 1. The van der Waals surface area contributed by atoms with Crippen molar-refractivity contribution >= 4 is 23.8 Å². The molecule has 0 aromatic carbocycles. The number of hydrogen-bond donors (Lipinski definition) is 3. The molecule has 0 aromatic heterocycles. The lowest BCUT2D eigenvalue weighted by Crippen LogP contribution is -2.50. The average molecular weight is 278 g/mol. The van der Waals surface area contributed by atoms with Gasteiger partial charge in [0.15, 0.2) is 0 Å². The van der Waals surface area contributed by atoms with Gasteiger partial charge in [0, 0.05) is 31.9 Å². The maximum absolute atomic E-state index is 11.9. The highest BCUT2D eigenvalue weighted by Gasteiger charge is 2.24. The van der Waals surface area contributed by atoms with Crippen LogP contribution in [0.5, 0.6) is 0 Å². The SMILES string of the molecule is CCC(CSC)N(C)C(=O)NC(CCO)C(=O)O. The minimum atomic E-state index is -1.14. The Bertz CT molecular complexity index is 276. The first kappa shape index (κ1) is 17.1. The molecule has 0 radical (unpaired) electrons. The Morgan fingerprint density at radius 2 is 2.06 bits per heavy atom. The van der Waals surface area contributed by atoms with Crippen molar-refractivity contribution in [3.8, 4) is 0 Å². The Morgan fingerprint density at radius 3 is 2.44 bits per heavy atom. The molecule has 0 heterocycles. The van der Waals surface area contributed by atoms with Crippen molar-refractivity contribution in [2.75, 3.05) is 25.7 Å². The lowest BCUT2D eigenvalue weighted by Gasteiger charge is -2.28. The molecule has 0 aliphatic carbocycles. The number of carboxylic acids is 1. The second kappa shape index (κ2) is 9.04. The predicted octanol–water partition coefficient (Wildman–Crippen LogP) is 0.605. The smallest absolute Gasteiger partial charge is 0.326 e. The molecule has 0 saturated carbocycles. The summed E-state index contributed by atoms with van der Waals surface area (Å²) in [5.41, 5.74) is 0. The molecule has 0 aromatic rings. The number of nitrogens with one attached hydrogen (secondary N) is 1. The minimum absolute atomic E-state index is 0.00817. The third kappa shape index (κ3) is 5.59. The van der Waals surface area contributed by atoms with E-state index in [0.29, 0.717) is 0 Å². The quantitative estimate of drug-likeness (QED) is 0.605. The van der Waals surface area contributed by atoms with Gasteiger partial charge in [0.2, 0.25) is 0 Å². The molecule has 18 heavy (non-hydrogen) atoms. The highest BCUT2D eigenvalue weighted by atomic mass is 32.2. The summed E-state index contributed by atoms with van der Waals surface area (Å²) in [5.74, 6) is -0.332. The maximum Gasteiger partial charge on any atom is 0.326 e. The summed E-state index contributed by atoms with van der Waals surface area (Å²) in [7, 11) is 1.65. The van der Waals surface area contributed by atoms with Crippen molar-refractivity contribution in [2.24, 2.45) is 0 Å². The molecule has 0 aliphatic heterocycles. The lowest BCUT2D eigenvalue weighted by molar-refractivity contribution is -0.139. The summed E-state index contributed by atoms with van der Waals surface area (Å²) < 4.78 is 0. The van der Waals surface area contributed by atoms with Crippen LogP contribution in [0, 0.1) is 0 Å². The largest absolute Gasteiger partial charge is 0.480 e. The highest BCUT2D eigenvalue weighted by molar-refractivity contribution is 7.98. The van der Waals surface area contributed by atoms with Crippen LogP contribution < -0.4 is 5.32 Å². The molecule has 3 N–H and O–H groups in total. The van der Waals surface area contributed by atoms with Gasteiger partial charge >= 0.3 is 12.0 Å². The number of aliphatic carboxylic acids is 1. The Hall–Kier alpha value is -0.950. The molecule has 2 unspecified atom stereocenters. The average Bonchev–Trinajstić information content (AvgIpc) is 2.34. The molecular weight excluding hydrogens is 256 g/mol. The van der Waals surface area contributed by atoms with E-state index in [1.807, 2.05) is 13.2 Å². The summed E-state index contributed by atoms with van der Waals surface area (Å²) in [4.78, 5) is 24.3. The van der Waals surface area contributed by atoms with Gasteiger partial charge in [-0.05, 0) is 12.7 Å². The van der Waals surface area contributed by atoms with Crippen molar-refractivity contribution in [1.82, 2.24) is 10.2 Å². The first-order valence-corrected chi connectivity index (χ1v) is 7.23. The number of aliphatic hydroxyl groups is 1. The van der Waals surface area contributed by atoms with Gasteiger partial charge < -0.3 is 20.4 Å². The first-order valence-electron chi connectivity index (χ1n) is 5.83. The lowest BCUT2D eigenvalue weighted by atomic mass is 10.2. The number of carbonyl (C=O) groups is 2. The Balaban J connectivity index is 4.47. The number of rotatable bonds is 8. The maximum atomic E-state index is 11.9. The molecule has 0 spiro atoms. The predicted molar refractivity (Wildman–Crippen MR) is 71.9 cm³/mol. The van der Waals surface area contributed by atoms with E-state index in [1.165, 1.54) is 4.90 Å². The molecule has 0 bridgehead atoms. The van der Waals surface area contributed by atoms with E-state index in [2.05, 4.69) is 5.32 Å². The van der Waals surface area contributed by atoms with Gasteiger partial charge in [-0.3, -0.25) is 0 Å². The summed E-state index contributed by atoms with van der Waals surface area (Å²) in [6.07, 6.45) is 2.77. The standard InChI is InChI=1S/C11H22N2O4S/c1-4-8(7-18-3)13(2)11(17)12-9(5-6-14)10(15)16/h8-9,14H,4-7H2,1-3H3,(H,12,17)(H,15,16). The number of urea groups is 1. The fourth-order valence-electron chi connectivity index (χ4n) is 1.50. The number of aliphatic hydroxyl groups excluding tert-OH is 1. The van der Waals surface area contributed by atoms with E-state index >= 15 is 0 Å². The van der Waals surface area contributed by atoms with Gasteiger partial charge in [-0.15, -0.1) is 0 Å². The van der Waals surface area contributed by atoms with Gasteiger partial charge in [-0.2, -0.15) is 11.8 Å². The molecule has 0 aliphatic rings. The normalized spacial score (nSPS) is 13.8. The molecule has 6 nitrogen and oxygen atoms in total. The van der Waals surface area contributed by atoms with Crippen LogP contribution in [0.25, 0.3) is 0 Å². The Kier molecular flexibility index (Phi) is 8.57. The summed E-state index contributed by atoms with van der Waals surface area (Å²) in [6.45, 7) is 1.70. The monoisotopic (exact) mass is 278 g/mol. The highest BCUT2D eigenvalue weighted by Crippen LogP contribution is 2.08. The van der Waals surface area contributed by atoms with E-state index in [9.17, 15) is 9.59 Å². The van der Waals surface area contributed by atoms with Gasteiger partial charge in [0.1, 0.15) is 6.04 Å². The van der Waals surface area contributed by atoms with Crippen LogP contribution in [0.2, 0.25) is 0 Å². The third-order valence-electron chi connectivity index (χ3n) is 2.71. The second-order valence-electron chi connectivity index (χ2n) is 3.98. The van der Waals surface area contributed by atoms with Gasteiger partial charge in [-0.25, -0.2) is 9.59 Å². The first-order chi connectivity index (χ1) is 8.47. The van der Waals surface area contributed by atoms with E-state index in [-0.39, 0.29) is 19.1 Å². The molecule has 2 amide bonds. The van der Waals surface area contributed by atoms with E-state index in [4.69, 9.17) is 10.2 Å². The van der Waals surface area contributed by atoms with Crippen molar-refractivity contribution in [2.45, 2.75) is 31.8 Å². The molecule has 106 valence electrons. The summed E-state index contributed by atoms with van der Waals surface area (Å²) in [6, 6.07) is -1.39. The van der Waals surface area contributed by atoms with E-state index in [0.717, 1.165) is 12.2 Å². The van der Waals surface area contributed by atoms with Crippen molar-refractivity contribution < 1.29 is 19.8 Å². The molecule has 0 saturated heterocycles. The van der Waals surface area contributed by atoms with Crippen LogP contribution in [0.1, 0.15) is 19.8 Å². The zero-order chi connectivity index (χ0) is 14.1. The number of nitrogens with zero attached hydrogens (tertiary/aromatic N) is 1. The Morgan fingerprint density at radius 1 is 1.44 bits per heavy atom. The molecule has 2 atom stereocenters. The van der Waals surface area contributed by atoms with Crippen LogP contribution in [-0.2, 0) is 4.79 Å². The number of hydrogen-bond acceptors (Lipinski definition) is 4. The fraction of sp³-hybridized carbons (Fsp3) is 0.818. The zero-order valence-corrected chi connectivity index (χ0v) is 11.9. The van der Waals surface area contributed by atoms with Crippen LogP contribution in [0.3, 0.4) is 0 Å². The number of amides is 2. The summed E-state index contributed by atoms with van der Waals surface area (Å²) >= 11 is 1.64. The van der Waals surface area contributed by atoms with Crippen LogP contribution >= 0.6 is 11.8 Å². The van der Waals surface area contributed by atoms with Crippen molar-refractivity contribution in [1.29, 1.82) is 0 Å². The second-order valence-corrected chi connectivity index (χ2v) is 4.89. The zero-order valence-electron chi connectivity index (χ0n) is 11.0. The van der Waals surface area contributed by atoms with Gasteiger partial charge in [0.05, 0.1) is 0 Å². The number of carboxylic acid groups (broad SMARTS) is 1. The summed E-state index contributed by atoms with van der Waals surface area (Å²) in [5, 5.41) is 20.0. The Labute approximate surface area is 112 Å². The fourth-order valence-corrected chi connectivity index (χ4v) is 2.34. The van der Waals surface area contributed by atoms with E-state index < -0.39 is 18.0 Å². The van der Waals surface area contributed by atoms with Crippen LogP contribution in [0.15, 0.2) is 0 Å². The van der Waals surface area contributed by atoms with Crippen molar-refractivity contribution in [3.05, 3.63) is 0 Å². The van der Waals surface area contributed by atoms with Crippen LogP contribution in [-0.4, -0.2) is 64.9 Å².